The van der Waals surface area contributed by atoms with Crippen LogP contribution in [0.2, 0.25) is 0 Å². The smallest absolute Gasteiger partial charge is 1.00 e. The van der Waals surface area contributed by atoms with Gasteiger partial charge in [0.1, 0.15) is 0 Å². The van der Waals surface area contributed by atoms with Crippen molar-refractivity contribution in [3.05, 3.63) is 59.2 Å². The van der Waals surface area contributed by atoms with Crippen molar-refractivity contribution in [1.82, 2.24) is 0 Å². The largest absolute Gasteiger partial charge is 4.00 e. The Morgan fingerprint density at radius 3 is 1.92 bits per heavy atom. The fourth-order valence-electron chi connectivity index (χ4n) is 2.80. The number of fused-ring (bicyclic) bond motifs is 1. The van der Waals surface area contributed by atoms with Crippen LogP contribution >= 0.6 is 7.92 Å². The van der Waals surface area contributed by atoms with Crippen LogP contribution in [0.5, 0.6) is 0 Å². The van der Waals surface area contributed by atoms with Crippen LogP contribution in [0.4, 0.5) is 0 Å². The van der Waals surface area contributed by atoms with Crippen molar-refractivity contribution < 1.29 is 50.7 Å². The molecule has 0 spiro atoms. The molecule has 1 aliphatic rings. The molecule has 3 rings (SSSR count). The topological polar surface area (TPSA) is 0 Å². The molecule has 0 radical (unpaired) electrons. The van der Waals surface area contributed by atoms with E-state index >= 15 is 0 Å². The van der Waals surface area contributed by atoms with Crippen molar-refractivity contribution in [2.45, 2.75) is 34.6 Å². The van der Waals surface area contributed by atoms with Crippen molar-refractivity contribution in [3.63, 3.8) is 0 Å². The Balaban J connectivity index is 0. The van der Waals surface area contributed by atoms with Crippen LogP contribution in [0.25, 0.3) is 10.8 Å². The molecule has 0 saturated carbocycles. The molecule has 0 amide bonds. The molecule has 2 aromatic carbocycles. The fourth-order valence-corrected chi connectivity index (χ4v) is 3.59. The van der Waals surface area contributed by atoms with Crippen molar-refractivity contribution in [1.29, 1.82) is 0 Å². The summed E-state index contributed by atoms with van der Waals surface area (Å²) in [5, 5.41) is 4.26. The third-order valence-corrected chi connectivity index (χ3v) is 5.97. The van der Waals surface area contributed by atoms with Crippen molar-refractivity contribution in [2.24, 2.45) is 5.41 Å². The van der Waals surface area contributed by atoms with Gasteiger partial charge < -0.3 is 24.8 Å². The molecule has 0 heterocycles. The summed E-state index contributed by atoms with van der Waals surface area (Å²) in [7, 11) is 0.0576. The number of allylic oxidation sites excluding steroid dienone is 4. The van der Waals surface area contributed by atoms with E-state index in [9.17, 15) is 0 Å². The molecular weight excluding hydrogens is 533 g/mol. The van der Waals surface area contributed by atoms with Crippen molar-refractivity contribution in [2.75, 3.05) is 13.3 Å². The third-order valence-electron chi connectivity index (χ3n) is 4.68. The molecule has 0 bridgehead atoms. The van der Waals surface area contributed by atoms with E-state index < -0.39 is 0 Å². The Morgan fingerprint density at radius 1 is 1.00 bits per heavy atom. The normalized spacial score (nSPS) is 14.8. The second-order valence-electron chi connectivity index (χ2n) is 6.86. The van der Waals surface area contributed by atoms with Crippen molar-refractivity contribution >= 4 is 24.0 Å². The molecule has 134 valence electrons. The molecule has 0 N–H and O–H groups in total. The molecule has 0 atom stereocenters. The maximum absolute atomic E-state index is 3.44. The molecule has 0 aliphatic heterocycles. The maximum atomic E-state index is 3.44. The van der Waals surface area contributed by atoms with Crippen LogP contribution in [-0.2, 0) is 25.8 Å². The molecule has 0 aromatic heterocycles. The Hall–Kier alpha value is 0.190. The zero-order chi connectivity index (χ0) is 16.5. The van der Waals surface area contributed by atoms with E-state index in [2.05, 4.69) is 90.4 Å². The van der Waals surface area contributed by atoms with E-state index in [1.807, 2.05) is 0 Å². The minimum Gasteiger partial charge on any atom is -1.00 e. The van der Waals surface area contributed by atoms with Crippen LogP contribution in [-0.4, -0.2) is 13.3 Å². The average Bonchev–Trinajstić information content (AvgIpc) is 2.96. The second kappa shape index (κ2) is 11.1. The van der Waals surface area contributed by atoms with E-state index in [1.165, 1.54) is 32.8 Å². The Bertz CT molecular complexity index is 706. The van der Waals surface area contributed by atoms with Gasteiger partial charge >= 0.3 is 25.8 Å². The molecule has 0 saturated heterocycles. The van der Waals surface area contributed by atoms with Gasteiger partial charge in [0.15, 0.2) is 0 Å². The van der Waals surface area contributed by atoms with Crippen LogP contribution in [0.15, 0.2) is 53.1 Å². The van der Waals surface area contributed by atoms with Gasteiger partial charge in [-0.3, -0.25) is 6.08 Å². The molecule has 0 nitrogen and oxygen atoms in total. The summed E-state index contributed by atoms with van der Waals surface area (Å²) in [4.78, 5) is 0. The first-order chi connectivity index (χ1) is 10.2. The summed E-state index contributed by atoms with van der Waals surface area (Å²) in [5.74, 6) is 0. The van der Waals surface area contributed by atoms with E-state index in [0.29, 0.717) is 0 Å². The summed E-state index contributed by atoms with van der Waals surface area (Å²) in [5.41, 5.74) is 4.39. The predicted octanol–water partition coefficient (Wildman–Crippen LogP) is 0.0431. The first kappa shape index (κ1) is 27.4. The monoisotopic (exact) mass is 560 g/mol. The molecule has 1 aliphatic carbocycles. The van der Waals surface area contributed by atoms with E-state index in [1.54, 1.807) is 0 Å². The zero-order valence-corrected chi connectivity index (χ0v) is 22.2. The summed E-state index contributed by atoms with van der Waals surface area (Å²) < 4.78 is 0. The minimum absolute atomic E-state index is 0. The number of hydrogen-bond donors (Lipinski definition) is 0. The van der Waals surface area contributed by atoms with Gasteiger partial charge in [0.05, 0.1) is 0 Å². The third kappa shape index (κ3) is 6.69. The first-order valence-electron chi connectivity index (χ1n) is 7.85. The SMILES string of the molecule is CC1=[C-]C(C)(C)C(C)=C1C.CP(C)c1cc2ccccc2[cH-]1.[Cl-].[Cl-].[Hf+4]. The quantitative estimate of drug-likeness (QED) is 0.263. The van der Waals surface area contributed by atoms with Gasteiger partial charge in [-0.1, -0.05) is 39.2 Å². The molecule has 0 unspecified atom stereocenters. The second-order valence-corrected chi connectivity index (χ2v) is 9.17. The fraction of sp³-hybridized carbons (Fsp3) is 0.381. The molecule has 4 heteroatoms. The van der Waals surface area contributed by atoms with Gasteiger partial charge in [-0.25, -0.2) is 5.57 Å². The Morgan fingerprint density at radius 2 is 1.56 bits per heavy atom. The summed E-state index contributed by atoms with van der Waals surface area (Å²) in [6, 6.07) is 13.2. The van der Waals surface area contributed by atoms with Gasteiger partial charge in [-0.05, 0) is 13.3 Å². The van der Waals surface area contributed by atoms with Gasteiger partial charge in [-0.2, -0.15) is 17.2 Å². The number of benzene rings is 1. The predicted molar refractivity (Wildman–Crippen MR) is 103 cm³/mol. The number of hydrogen-bond acceptors (Lipinski definition) is 0. The molecule has 25 heavy (non-hydrogen) atoms. The van der Waals surface area contributed by atoms with E-state index in [-0.39, 0.29) is 64.0 Å². The summed E-state index contributed by atoms with van der Waals surface area (Å²) in [6.07, 6.45) is 3.44. The Labute approximate surface area is 186 Å². The average molecular weight is 560 g/mol. The number of rotatable bonds is 1. The van der Waals surface area contributed by atoms with Gasteiger partial charge in [0.25, 0.3) is 0 Å². The summed E-state index contributed by atoms with van der Waals surface area (Å²) in [6.45, 7) is 15.5. The molecule has 2 aromatic rings. The number of halogens is 2. The first-order valence-corrected chi connectivity index (χ1v) is 10.1. The van der Waals surface area contributed by atoms with Gasteiger partial charge in [-0.15, -0.1) is 55.2 Å². The molecule has 0 fully saturated rings. The van der Waals surface area contributed by atoms with E-state index in [4.69, 9.17) is 0 Å². The van der Waals surface area contributed by atoms with Crippen LogP contribution in [0.1, 0.15) is 34.6 Å². The van der Waals surface area contributed by atoms with Crippen molar-refractivity contribution in [3.8, 4) is 0 Å². The zero-order valence-electron chi connectivity index (χ0n) is 16.2. The van der Waals surface area contributed by atoms with Crippen LogP contribution in [0.3, 0.4) is 0 Å². The van der Waals surface area contributed by atoms with E-state index in [0.717, 1.165) is 0 Å². The standard InChI is InChI=1S/C11H12P.C10H15.2ClH.Hf/c1-12(2)11-7-9-5-3-4-6-10(9)8-11;1-7-6-10(4,5)9(3)8(7)2;;;/h3-8H,1-2H3;1-5H3;2*1H;/q2*-1;;;+4/p-2. The van der Waals surface area contributed by atoms with Crippen LogP contribution < -0.4 is 30.1 Å². The maximum Gasteiger partial charge on any atom is 4.00 e. The Kier molecular flexibility index (Phi) is 12.2. The van der Waals surface area contributed by atoms with Crippen LogP contribution in [0, 0.1) is 11.5 Å². The molecular formula is C21H27Cl2HfP. The summed E-state index contributed by atoms with van der Waals surface area (Å²) >= 11 is 0. The van der Waals surface area contributed by atoms with Gasteiger partial charge in [0.2, 0.25) is 0 Å². The van der Waals surface area contributed by atoms with Gasteiger partial charge in [0, 0.05) is 0 Å². The minimum atomic E-state index is 0.